The number of hydrazine groups is 1. The Morgan fingerprint density at radius 3 is 2.25 bits per heavy atom. The van der Waals surface area contributed by atoms with Crippen LogP contribution in [0.4, 0.5) is 4.79 Å². The third-order valence-corrected chi connectivity index (χ3v) is 10.6. The monoisotopic (exact) mass is 684 g/mol. The van der Waals surface area contributed by atoms with E-state index in [4.69, 9.17) is 28.5 Å². The molecule has 2 N–H and O–H groups in total. The number of hydrogen-bond donors (Lipinski definition) is 2. The van der Waals surface area contributed by atoms with Crippen LogP contribution in [-0.2, 0) is 38.1 Å². The minimum atomic E-state index is -1.31. The number of rotatable bonds is 8. The maximum absolute atomic E-state index is 14.2. The average Bonchev–Trinajstić information content (AvgIpc) is 3.29. The maximum atomic E-state index is 14.2. The van der Waals surface area contributed by atoms with E-state index >= 15 is 0 Å². The Kier molecular flexibility index (Phi) is 13.5. The summed E-state index contributed by atoms with van der Waals surface area (Å²) in [5.41, 5.74) is 1.26. The number of ether oxygens (including phenoxy) is 5. The predicted octanol–water partition coefficient (Wildman–Crippen LogP) is 3.15. The Morgan fingerprint density at radius 2 is 1.71 bits per heavy atom. The van der Waals surface area contributed by atoms with E-state index in [1.807, 2.05) is 60.5 Å². The van der Waals surface area contributed by atoms with Gasteiger partial charge >= 0.3 is 12.1 Å². The van der Waals surface area contributed by atoms with E-state index in [0.717, 1.165) is 0 Å². The molecule has 14 nitrogen and oxygen atoms in total. The van der Waals surface area contributed by atoms with Gasteiger partial charge in [-0.1, -0.05) is 39.8 Å². The second kappa shape index (κ2) is 16.1. The Bertz CT molecular complexity index is 1170. The number of Topliss-reactive ketones (excluding diaryl/α,β-unsaturated/α-hetero) is 1. The summed E-state index contributed by atoms with van der Waals surface area (Å²) < 4.78 is 31.1. The highest BCUT2D eigenvalue weighted by atomic mass is 16.7. The number of carbonyl (C=O) groups is 3. The number of amides is 1. The SMILES string of the molecule is CCNN1C(=O)OC2(C)C1C(C)/C(=N/OC)C(C)CC(C)(OC)C(OC1OC(C)CC(N(C)C)C1O)C(C)C(=O)C(C)C(=O)O[C@@H]2CC. The summed E-state index contributed by atoms with van der Waals surface area (Å²) >= 11 is 0. The van der Waals surface area contributed by atoms with Crippen molar-refractivity contribution in [2.24, 2.45) is 28.8 Å². The molecule has 1 amide bonds. The molecule has 14 heteroatoms. The molecule has 3 heterocycles. The lowest BCUT2D eigenvalue weighted by molar-refractivity contribution is -0.295. The number of hydrogen-bond acceptors (Lipinski definition) is 13. The highest BCUT2D eigenvalue weighted by Crippen LogP contribution is 2.42. The van der Waals surface area contributed by atoms with Crippen molar-refractivity contribution in [3.63, 3.8) is 0 Å². The van der Waals surface area contributed by atoms with E-state index in [1.54, 1.807) is 21.0 Å². The van der Waals surface area contributed by atoms with Crippen molar-refractivity contribution in [3.05, 3.63) is 0 Å². The van der Waals surface area contributed by atoms with Crippen LogP contribution in [0.25, 0.3) is 0 Å². The fourth-order valence-electron chi connectivity index (χ4n) is 7.99. The third kappa shape index (κ3) is 7.83. The van der Waals surface area contributed by atoms with Gasteiger partial charge in [0.05, 0.1) is 23.5 Å². The van der Waals surface area contributed by atoms with Gasteiger partial charge in [-0.2, -0.15) is 0 Å². The number of aliphatic hydroxyl groups excluding tert-OH is 1. The summed E-state index contributed by atoms with van der Waals surface area (Å²) in [5.74, 6) is -4.04. The quantitative estimate of drug-likeness (QED) is 0.219. The van der Waals surface area contributed by atoms with E-state index in [1.165, 1.54) is 19.0 Å². The fraction of sp³-hybridized carbons (Fsp3) is 0.882. The van der Waals surface area contributed by atoms with E-state index < -0.39 is 77.4 Å². The highest BCUT2D eigenvalue weighted by molar-refractivity contribution is 6.00. The summed E-state index contributed by atoms with van der Waals surface area (Å²) in [5, 5.41) is 17.3. The molecule has 0 bridgehead atoms. The van der Waals surface area contributed by atoms with Crippen molar-refractivity contribution in [1.82, 2.24) is 15.3 Å². The number of likely N-dealkylation sites (N-methyl/N-ethyl adjacent to an activating group) is 1. The summed E-state index contributed by atoms with van der Waals surface area (Å²) in [7, 11) is 6.77. The van der Waals surface area contributed by atoms with Crippen LogP contribution in [0, 0.1) is 23.7 Å². The van der Waals surface area contributed by atoms with Gasteiger partial charge in [0.25, 0.3) is 0 Å². The van der Waals surface area contributed by atoms with E-state index in [2.05, 4.69) is 10.6 Å². The van der Waals surface area contributed by atoms with Gasteiger partial charge in [-0.15, -0.1) is 0 Å². The first-order chi connectivity index (χ1) is 22.4. The topological polar surface area (TPSA) is 158 Å². The van der Waals surface area contributed by atoms with Gasteiger partial charge in [-0.25, -0.2) is 15.2 Å². The lowest BCUT2D eigenvalue weighted by Gasteiger charge is -2.47. The number of nitrogens with zero attached hydrogens (tertiary/aromatic N) is 3. The Balaban J connectivity index is 2.20. The molecule has 276 valence electrons. The largest absolute Gasteiger partial charge is 0.458 e. The summed E-state index contributed by atoms with van der Waals surface area (Å²) in [6, 6.07) is -0.925. The Morgan fingerprint density at radius 1 is 1.06 bits per heavy atom. The molecular weight excluding hydrogens is 624 g/mol. The standard InChI is InChI=1S/C34H60N4O10/c1-14-24-34(9)28(38(35-15-2)32(42)48-34)20(5)25(36-44-13)18(3)17-33(8,43-12)29(21(6)26(39)22(7)30(41)46-24)47-31-27(40)23(37(10)11)16-19(4)45-31/h18-24,27-29,31,35,40H,14-17H2,1-13H3/b36-25+/t18?,19?,20?,21?,22?,23?,24-,27?,28?,29?,31?,33?,34?/m1/s1. The van der Waals surface area contributed by atoms with Crippen LogP contribution in [0.5, 0.6) is 0 Å². The fourth-order valence-corrected chi connectivity index (χ4v) is 7.99. The van der Waals surface area contributed by atoms with Crippen LogP contribution in [-0.4, -0.2) is 127 Å². The molecule has 0 aromatic carbocycles. The lowest BCUT2D eigenvalue weighted by atomic mass is 9.73. The average molecular weight is 685 g/mol. The van der Waals surface area contributed by atoms with Gasteiger partial charge in [-0.05, 0) is 61.1 Å². The van der Waals surface area contributed by atoms with Gasteiger partial charge < -0.3 is 38.5 Å². The molecule has 0 saturated carbocycles. The smallest absolute Gasteiger partial charge is 0.425 e. The Hall–Kier alpha value is -2.36. The molecule has 0 aromatic heterocycles. The highest BCUT2D eigenvalue weighted by Gasteiger charge is 2.60. The van der Waals surface area contributed by atoms with Crippen LogP contribution < -0.4 is 5.43 Å². The number of carbonyl (C=O) groups excluding carboxylic acids is 3. The normalized spacial score (nSPS) is 42.7. The zero-order valence-corrected chi connectivity index (χ0v) is 31.1. The zero-order valence-electron chi connectivity index (χ0n) is 31.1. The number of nitrogens with one attached hydrogen (secondary N) is 1. The van der Waals surface area contributed by atoms with E-state index in [0.29, 0.717) is 31.5 Å². The third-order valence-electron chi connectivity index (χ3n) is 10.6. The van der Waals surface area contributed by atoms with Gasteiger partial charge in [0, 0.05) is 37.5 Å². The molecule has 3 aliphatic heterocycles. The summed E-state index contributed by atoms with van der Waals surface area (Å²) in [6.07, 6.45) is -3.57. The molecule has 3 saturated heterocycles. The minimum Gasteiger partial charge on any atom is -0.458 e. The van der Waals surface area contributed by atoms with Crippen LogP contribution in [0.3, 0.4) is 0 Å². The molecule has 3 aliphatic rings. The first kappa shape index (κ1) is 40.1. The van der Waals surface area contributed by atoms with Crippen LogP contribution in [0.2, 0.25) is 0 Å². The summed E-state index contributed by atoms with van der Waals surface area (Å²) in [4.78, 5) is 48.7. The van der Waals surface area contributed by atoms with Crippen molar-refractivity contribution in [3.8, 4) is 0 Å². The van der Waals surface area contributed by atoms with Gasteiger partial charge in [-0.3, -0.25) is 9.59 Å². The first-order valence-corrected chi connectivity index (χ1v) is 17.2. The maximum Gasteiger partial charge on any atom is 0.425 e. The van der Waals surface area contributed by atoms with E-state index in [-0.39, 0.29) is 18.1 Å². The number of aliphatic hydroxyl groups is 1. The minimum absolute atomic E-state index is 0.227. The first-order valence-electron chi connectivity index (χ1n) is 17.2. The van der Waals surface area contributed by atoms with Crippen molar-refractivity contribution in [2.45, 2.75) is 136 Å². The van der Waals surface area contributed by atoms with Crippen LogP contribution in [0.15, 0.2) is 5.16 Å². The predicted molar refractivity (Wildman–Crippen MR) is 178 cm³/mol. The second-order valence-corrected chi connectivity index (χ2v) is 14.4. The van der Waals surface area contributed by atoms with Crippen molar-refractivity contribution in [2.75, 3.05) is 34.9 Å². The van der Waals surface area contributed by atoms with Gasteiger partial charge in [0.2, 0.25) is 0 Å². The van der Waals surface area contributed by atoms with Gasteiger partial charge in [0.1, 0.15) is 31.3 Å². The van der Waals surface area contributed by atoms with Crippen LogP contribution in [0.1, 0.15) is 81.6 Å². The molecule has 0 aliphatic carbocycles. The van der Waals surface area contributed by atoms with Crippen LogP contribution >= 0.6 is 0 Å². The number of esters is 1. The van der Waals surface area contributed by atoms with Gasteiger partial charge in [0.15, 0.2) is 17.7 Å². The Labute approximate surface area is 286 Å². The molecule has 0 spiro atoms. The number of fused-ring (bicyclic) bond motifs is 1. The van der Waals surface area contributed by atoms with Crippen molar-refractivity contribution in [1.29, 1.82) is 0 Å². The van der Waals surface area contributed by atoms with E-state index in [9.17, 15) is 19.5 Å². The molecule has 0 aromatic rings. The molecule has 12 unspecified atom stereocenters. The number of methoxy groups -OCH3 is 1. The van der Waals surface area contributed by atoms with Crippen molar-refractivity contribution >= 4 is 23.6 Å². The lowest BCUT2D eigenvalue weighted by Crippen LogP contribution is -2.61. The number of oxime groups is 1. The number of cyclic esters (lactones) is 1. The molecule has 48 heavy (non-hydrogen) atoms. The number of ketones is 1. The molecular formula is C34H60N4O10. The zero-order chi connectivity index (χ0) is 36.3. The molecule has 3 fully saturated rings. The summed E-state index contributed by atoms with van der Waals surface area (Å²) in [6.45, 7) is 16.8. The molecule has 0 radical (unpaired) electrons. The van der Waals surface area contributed by atoms with Crippen molar-refractivity contribution < 1.29 is 48.0 Å². The molecule has 13 atom stereocenters. The molecule has 3 rings (SSSR count). The second-order valence-electron chi connectivity index (χ2n) is 14.4.